The number of rotatable bonds is 8. The zero-order chi connectivity index (χ0) is 19.6. The van der Waals surface area contributed by atoms with Crippen LogP contribution in [0.15, 0.2) is 41.5 Å². The molecule has 0 atom stereocenters. The van der Waals surface area contributed by atoms with Crippen LogP contribution < -0.4 is 15.5 Å². The molecule has 0 saturated carbocycles. The third-order valence-corrected chi connectivity index (χ3v) is 3.67. The van der Waals surface area contributed by atoms with Crippen LogP contribution in [-0.2, 0) is 14.3 Å². The minimum atomic E-state index is -0.824. The van der Waals surface area contributed by atoms with Crippen LogP contribution in [0.1, 0.15) is 25.8 Å². The first-order valence-electron chi connectivity index (χ1n) is 8.81. The van der Waals surface area contributed by atoms with Gasteiger partial charge in [-0.2, -0.15) is 5.10 Å². The fourth-order valence-corrected chi connectivity index (χ4v) is 2.47. The molecule has 27 heavy (non-hydrogen) atoms. The largest absolute Gasteiger partial charge is 0.490 e. The molecule has 2 rings (SSSR count). The molecule has 0 radical (unpaired) electrons. The third-order valence-electron chi connectivity index (χ3n) is 3.67. The highest BCUT2D eigenvalue weighted by Gasteiger charge is 2.12. The number of methoxy groups -OCH3 is 1. The Morgan fingerprint density at radius 3 is 2.67 bits per heavy atom. The molecule has 2 N–H and O–H groups in total. The summed E-state index contributed by atoms with van der Waals surface area (Å²) in [6.45, 7) is 4.75. The van der Waals surface area contributed by atoms with E-state index in [0.29, 0.717) is 25.3 Å². The monoisotopic (exact) mass is 371 g/mol. The van der Waals surface area contributed by atoms with Crippen molar-refractivity contribution >= 4 is 28.8 Å². The molecule has 0 aliphatic carbocycles. The van der Waals surface area contributed by atoms with E-state index in [1.54, 1.807) is 7.11 Å². The predicted molar refractivity (Wildman–Crippen MR) is 105 cm³/mol. The summed E-state index contributed by atoms with van der Waals surface area (Å²) in [5, 5.41) is 8.41. The summed E-state index contributed by atoms with van der Waals surface area (Å²) >= 11 is 0. The van der Waals surface area contributed by atoms with Crippen LogP contribution in [0.25, 0.3) is 10.8 Å². The number of fused-ring (bicyclic) bond motifs is 1. The summed E-state index contributed by atoms with van der Waals surface area (Å²) in [6, 6.07) is 11.6. The van der Waals surface area contributed by atoms with Gasteiger partial charge in [0.05, 0.1) is 12.3 Å². The van der Waals surface area contributed by atoms with Crippen molar-refractivity contribution in [1.29, 1.82) is 0 Å². The van der Waals surface area contributed by atoms with Crippen LogP contribution in [0.4, 0.5) is 0 Å². The summed E-state index contributed by atoms with van der Waals surface area (Å²) in [5.41, 5.74) is 2.99. The van der Waals surface area contributed by atoms with Crippen LogP contribution in [-0.4, -0.2) is 44.4 Å². The van der Waals surface area contributed by atoms with Gasteiger partial charge in [-0.15, -0.1) is 0 Å². The molecule has 2 aromatic rings. The van der Waals surface area contributed by atoms with E-state index in [1.165, 1.54) is 6.21 Å². The fourth-order valence-electron chi connectivity index (χ4n) is 2.47. The first-order valence-corrected chi connectivity index (χ1v) is 8.81. The second kappa shape index (κ2) is 10.3. The van der Waals surface area contributed by atoms with Crippen LogP contribution in [0.2, 0.25) is 0 Å². The molecule has 0 unspecified atom stereocenters. The Bertz CT molecular complexity index is 818. The zero-order valence-electron chi connectivity index (χ0n) is 15.8. The van der Waals surface area contributed by atoms with E-state index in [9.17, 15) is 9.59 Å². The van der Waals surface area contributed by atoms with Gasteiger partial charge in [-0.05, 0) is 37.1 Å². The lowest BCUT2D eigenvalue weighted by Crippen LogP contribution is -2.38. The summed E-state index contributed by atoms with van der Waals surface area (Å²) in [6.07, 6.45) is 2.12. The molecule has 0 heterocycles. The van der Waals surface area contributed by atoms with Gasteiger partial charge in [-0.25, -0.2) is 5.43 Å². The summed E-state index contributed by atoms with van der Waals surface area (Å²) in [4.78, 5) is 23.5. The van der Waals surface area contributed by atoms with Crippen molar-refractivity contribution in [3.8, 4) is 5.75 Å². The quantitative estimate of drug-likeness (QED) is 0.322. The van der Waals surface area contributed by atoms with E-state index in [1.807, 2.05) is 50.2 Å². The molecule has 0 bridgehead atoms. The van der Waals surface area contributed by atoms with Gasteiger partial charge in [-0.1, -0.05) is 30.3 Å². The van der Waals surface area contributed by atoms with E-state index in [-0.39, 0.29) is 6.10 Å². The second-order valence-electron chi connectivity index (χ2n) is 6.17. The Kier molecular flexibility index (Phi) is 7.76. The van der Waals surface area contributed by atoms with Gasteiger partial charge >= 0.3 is 11.8 Å². The highest BCUT2D eigenvalue weighted by atomic mass is 16.5. The average molecular weight is 371 g/mol. The molecule has 7 nitrogen and oxygen atoms in total. The summed E-state index contributed by atoms with van der Waals surface area (Å²) in [5.74, 6) is -0.902. The predicted octanol–water partition coefficient (Wildman–Crippen LogP) is 2.23. The minimum Gasteiger partial charge on any atom is -0.490 e. The van der Waals surface area contributed by atoms with Gasteiger partial charge < -0.3 is 14.8 Å². The number of hydrazone groups is 1. The van der Waals surface area contributed by atoms with Gasteiger partial charge in [0, 0.05) is 25.8 Å². The number of nitrogens with zero attached hydrogens (tertiary/aromatic N) is 1. The second-order valence-corrected chi connectivity index (χ2v) is 6.17. The molecular formula is C20H25N3O4. The van der Waals surface area contributed by atoms with E-state index in [0.717, 1.165) is 16.3 Å². The first kappa shape index (κ1) is 20.4. The number of nitrogens with one attached hydrogen (secondary N) is 2. The zero-order valence-corrected chi connectivity index (χ0v) is 15.8. The van der Waals surface area contributed by atoms with Crippen LogP contribution in [0, 0.1) is 0 Å². The lowest BCUT2D eigenvalue weighted by molar-refractivity contribution is -0.139. The normalized spacial score (nSPS) is 11.1. The van der Waals surface area contributed by atoms with Crippen molar-refractivity contribution in [2.24, 2.45) is 5.10 Å². The van der Waals surface area contributed by atoms with Gasteiger partial charge in [-0.3, -0.25) is 9.59 Å². The van der Waals surface area contributed by atoms with Gasteiger partial charge in [0.25, 0.3) is 0 Å². The molecule has 7 heteroatoms. The number of amides is 2. The Morgan fingerprint density at radius 1 is 1.15 bits per heavy atom. The van der Waals surface area contributed by atoms with Gasteiger partial charge in [0.1, 0.15) is 5.75 Å². The minimum absolute atomic E-state index is 0.00854. The highest BCUT2D eigenvalue weighted by Crippen LogP contribution is 2.27. The van der Waals surface area contributed by atoms with Gasteiger partial charge in [0.15, 0.2) is 0 Å². The van der Waals surface area contributed by atoms with Crippen LogP contribution in [0.5, 0.6) is 5.75 Å². The summed E-state index contributed by atoms with van der Waals surface area (Å²) in [7, 11) is 1.58. The Morgan fingerprint density at radius 2 is 1.93 bits per heavy atom. The standard InChI is InChI=1S/C20H25N3O4/c1-14(2)27-18-10-9-15-7-4-5-8-16(15)17(18)13-22-23-20(25)19(24)21-11-6-12-26-3/h4-5,7-10,13-14H,6,11-12H2,1-3H3,(H,21,24)(H,23,25)/b22-13-. The lowest BCUT2D eigenvalue weighted by atomic mass is 10.0. The molecule has 2 aromatic carbocycles. The fraction of sp³-hybridized carbons (Fsp3) is 0.350. The van der Waals surface area contributed by atoms with Gasteiger partial charge in [0.2, 0.25) is 0 Å². The van der Waals surface area contributed by atoms with E-state index in [4.69, 9.17) is 9.47 Å². The van der Waals surface area contributed by atoms with E-state index >= 15 is 0 Å². The first-order chi connectivity index (χ1) is 13.0. The third kappa shape index (κ3) is 6.07. The number of benzene rings is 2. The number of hydrogen-bond acceptors (Lipinski definition) is 5. The highest BCUT2D eigenvalue weighted by molar-refractivity contribution is 6.35. The Hall–Kier alpha value is -2.93. The molecule has 0 aliphatic rings. The maximum absolute atomic E-state index is 11.8. The van der Waals surface area contributed by atoms with Crippen molar-refractivity contribution in [1.82, 2.24) is 10.7 Å². The molecule has 144 valence electrons. The number of carbonyl (C=O) groups is 2. The van der Waals surface area contributed by atoms with Crippen molar-refractivity contribution in [3.63, 3.8) is 0 Å². The van der Waals surface area contributed by atoms with Crippen molar-refractivity contribution in [3.05, 3.63) is 42.0 Å². The molecule has 0 aromatic heterocycles. The number of ether oxygens (including phenoxy) is 2. The van der Waals surface area contributed by atoms with Crippen molar-refractivity contribution in [2.75, 3.05) is 20.3 Å². The molecule has 0 fully saturated rings. The van der Waals surface area contributed by atoms with E-state index < -0.39 is 11.8 Å². The summed E-state index contributed by atoms with van der Waals surface area (Å²) < 4.78 is 10.7. The van der Waals surface area contributed by atoms with Crippen molar-refractivity contribution in [2.45, 2.75) is 26.4 Å². The lowest BCUT2D eigenvalue weighted by Gasteiger charge is -2.14. The number of hydrogen-bond donors (Lipinski definition) is 2. The Balaban J connectivity index is 2.09. The average Bonchev–Trinajstić information content (AvgIpc) is 2.66. The molecule has 0 aliphatic heterocycles. The SMILES string of the molecule is COCCCNC(=O)C(=O)N/N=C\c1c(OC(C)C)ccc2ccccc12. The molecular weight excluding hydrogens is 346 g/mol. The van der Waals surface area contributed by atoms with Crippen molar-refractivity contribution < 1.29 is 19.1 Å². The van der Waals surface area contributed by atoms with E-state index in [2.05, 4.69) is 15.8 Å². The smallest absolute Gasteiger partial charge is 0.329 e. The molecule has 0 spiro atoms. The van der Waals surface area contributed by atoms with Crippen LogP contribution >= 0.6 is 0 Å². The molecule has 2 amide bonds. The number of carbonyl (C=O) groups excluding carboxylic acids is 2. The Labute approximate surface area is 158 Å². The maximum atomic E-state index is 11.8. The molecule has 0 saturated heterocycles. The topological polar surface area (TPSA) is 89.0 Å². The maximum Gasteiger partial charge on any atom is 0.329 e. The van der Waals surface area contributed by atoms with Crippen LogP contribution in [0.3, 0.4) is 0 Å².